The summed E-state index contributed by atoms with van der Waals surface area (Å²) in [6.07, 6.45) is 3.81. The molecule has 0 bridgehead atoms. The molecule has 146 valence electrons. The third kappa shape index (κ3) is 7.75. The van der Waals surface area contributed by atoms with E-state index in [0.29, 0.717) is 5.92 Å². The molecule has 1 aliphatic heterocycles. The summed E-state index contributed by atoms with van der Waals surface area (Å²) in [5.41, 5.74) is 1.23. The summed E-state index contributed by atoms with van der Waals surface area (Å²) in [5, 5.41) is 6.82. The van der Waals surface area contributed by atoms with Gasteiger partial charge < -0.3 is 20.3 Å². The molecule has 1 saturated heterocycles. The summed E-state index contributed by atoms with van der Waals surface area (Å²) in [7, 11) is 1.83. The van der Waals surface area contributed by atoms with Gasteiger partial charge in [-0.05, 0) is 50.8 Å². The van der Waals surface area contributed by atoms with Crippen molar-refractivity contribution >= 4 is 5.96 Å². The third-order valence-electron chi connectivity index (χ3n) is 4.86. The lowest BCUT2D eigenvalue weighted by molar-refractivity contribution is 0.0646. The predicted molar refractivity (Wildman–Crippen MR) is 110 cm³/mol. The van der Waals surface area contributed by atoms with Crippen LogP contribution in [0.1, 0.15) is 44.8 Å². The number of aliphatic imine (C=N–C) groups is 1. The minimum Gasteiger partial charge on any atom is -0.374 e. The number of hydrogen-bond acceptors (Lipinski definition) is 3. The average molecular weight is 361 g/mol. The Morgan fingerprint density at radius 1 is 1.15 bits per heavy atom. The minimum atomic E-state index is 0.139. The first-order chi connectivity index (χ1) is 12.7. The molecule has 2 atom stereocenters. The molecule has 0 saturated carbocycles. The van der Waals surface area contributed by atoms with Crippen molar-refractivity contribution < 1.29 is 4.74 Å². The smallest absolute Gasteiger partial charge is 0.190 e. The molecule has 1 fully saturated rings. The van der Waals surface area contributed by atoms with Crippen LogP contribution in [0.3, 0.4) is 0 Å². The van der Waals surface area contributed by atoms with Crippen LogP contribution in [0.2, 0.25) is 0 Å². The van der Waals surface area contributed by atoms with Gasteiger partial charge in [-0.15, -0.1) is 0 Å². The lowest BCUT2D eigenvalue weighted by Gasteiger charge is -2.21. The Morgan fingerprint density at radius 2 is 1.88 bits per heavy atom. The van der Waals surface area contributed by atoms with E-state index in [2.05, 4.69) is 58.6 Å². The van der Waals surface area contributed by atoms with E-state index in [9.17, 15) is 0 Å². The molecular formula is C21H36N4O. The second-order valence-corrected chi connectivity index (χ2v) is 7.27. The molecule has 0 radical (unpaired) electrons. The zero-order valence-corrected chi connectivity index (χ0v) is 16.7. The Bertz CT molecular complexity index is 514. The van der Waals surface area contributed by atoms with Crippen molar-refractivity contribution in [3.8, 4) is 0 Å². The first-order valence-electron chi connectivity index (χ1n) is 10.0. The van der Waals surface area contributed by atoms with Crippen LogP contribution in [0.15, 0.2) is 35.3 Å². The normalized spacial score (nSPS) is 17.9. The van der Waals surface area contributed by atoms with Gasteiger partial charge in [-0.2, -0.15) is 0 Å². The van der Waals surface area contributed by atoms with E-state index in [0.717, 1.165) is 32.1 Å². The fraction of sp³-hybridized carbons (Fsp3) is 0.667. The molecule has 5 nitrogen and oxygen atoms in total. The van der Waals surface area contributed by atoms with Gasteiger partial charge in [0.2, 0.25) is 0 Å². The highest BCUT2D eigenvalue weighted by Gasteiger charge is 2.14. The Balaban J connectivity index is 1.54. The van der Waals surface area contributed by atoms with E-state index < -0.39 is 0 Å². The molecule has 5 heteroatoms. The summed E-state index contributed by atoms with van der Waals surface area (Å²) < 4.78 is 5.91. The number of nitrogens with zero attached hydrogens (tertiary/aromatic N) is 2. The Hall–Kier alpha value is -1.59. The van der Waals surface area contributed by atoms with Gasteiger partial charge in [0.15, 0.2) is 5.96 Å². The highest BCUT2D eigenvalue weighted by Crippen LogP contribution is 2.15. The molecule has 2 unspecified atom stereocenters. The van der Waals surface area contributed by atoms with Crippen LogP contribution in [0.4, 0.5) is 0 Å². The zero-order valence-electron chi connectivity index (χ0n) is 16.7. The molecular weight excluding hydrogens is 324 g/mol. The summed E-state index contributed by atoms with van der Waals surface area (Å²) in [6.45, 7) is 10.7. The molecule has 0 aliphatic carbocycles. The zero-order chi connectivity index (χ0) is 18.6. The van der Waals surface area contributed by atoms with E-state index in [4.69, 9.17) is 4.74 Å². The van der Waals surface area contributed by atoms with Gasteiger partial charge in [-0.25, -0.2) is 0 Å². The van der Waals surface area contributed by atoms with Crippen LogP contribution < -0.4 is 10.6 Å². The SMILES string of the molecule is CN=C(NCCCOC(C)c1ccccc1)NCC(C)CN1CCCC1. The minimum absolute atomic E-state index is 0.139. The second kappa shape index (κ2) is 11.9. The maximum atomic E-state index is 5.91. The van der Waals surface area contributed by atoms with Gasteiger partial charge in [0.1, 0.15) is 0 Å². The molecule has 1 aliphatic rings. The van der Waals surface area contributed by atoms with E-state index in [1.54, 1.807) is 0 Å². The van der Waals surface area contributed by atoms with Crippen molar-refractivity contribution in [1.29, 1.82) is 0 Å². The maximum Gasteiger partial charge on any atom is 0.190 e. The van der Waals surface area contributed by atoms with Gasteiger partial charge in [0.25, 0.3) is 0 Å². The van der Waals surface area contributed by atoms with Gasteiger partial charge in [0, 0.05) is 33.3 Å². The molecule has 2 rings (SSSR count). The van der Waals surface area contributed by atoms with Crippen molar-refractivity contribution in [2.75, 3.05) is 46.4 Å². The Kier molecular flexibility index (Phi) is 9.50. The summed E-state index contributed by atoms with van der Waals surface area (Å²) in [5.74, 6) is 1.51. The molecule has 0 amide bonds. The third-order valence-corrected chi connectivity index (χ3v) is 4.86. The second-order valence-electron chi connectivity index (χ2n) is 7.27. The van der Waals surface area contributed by atoms with Crippen LogP contribution in [0.5, 0.6) is 0 Å². The Labute approximate surface area is 159 Å². The Morgan fingerprint density at radius 3 is 2.58 bits per heavy atom. The fourth-order valence-electron chi connectivity index (χ4n) is 3.32. The highest BCUT2D eigenvalue weighted by molar-refractivity contribution is 5.79. The van der Waals surface area contributed by atoms with Gasteiger partial charge in [-0.1, -0.05) is 37.3 Å². The van der Waals surface area contributed by atoms with Crippen molar-refractivity contribution in [3.05, 3.63) is 35.9 Å². The lowest BCUT2D eigenvalue weighted by atomic mass is 10.1. The van der Waals surface area contributed by atoms with Crippen LogP contribution in [-0.2, 0) is 4.74 Å². The number of nitrogens with one attached hydrogen (secondary N) is 2. The predicted octanol–water partition coefficient (Wildman–Crippen LogP) is 3.05. The summed E-state index contributed by atoms with van der Waals surface area (Å²) >= 11 is 0. The summed E-state index contributed by atoms with van der Waals surface area (Å²) in [4.78, 5) is 6.88. The molecule has 2 N–H and O–H groups in total. The number of benzene rings is 1. The maximum absolute atomic E-state index is 5.91. The van der Waals surface area contributed by atoms with E-state index >= 15 is 0 Å². The van der Waals surface area contributed by atoms with Gasteiger partial charge >= 0.3 is 0 Å². The van der Waals surface area contributed by atoms with Crippen molar-refractivity contribution in [2.45, 2.75) is 39.2 Å². The van der Waals surface area contributed by atoms with Gasteiger partial charge in [-0.3, -0.25) is 4.99 Å². The molecule has 0 spiro atoms. The van der Waals surface area contributed by atoms with E-state index in [1.165, 1.54) is 38.0 Å². The topological polar surface area (TPSA) is 48.9 Å². The van der Waals surface area contributed by atoms with Gasteiger partial charge in [0.05, 0.1) is 6.10 Å². The number of likely N-dealkylation sites (tertiary alicyclic amines) is 1. The standard InChI is InChI=1S/C21H36N4O/c1-18(17-25-13-7-8-14-25)16-24-21(22-3)23-12-9-15-26-19(2)20-10-5-4-6-11-20/h4-6,10-11,18-19H,7-9,12-17H2,1-3H3,(H2,22,23,24). The fourth-order valence-corrected chi connectivity index (χ4v) is 3.32. The van der Waals surface area contributed by atoms with Crippen molar-refractivity contribution in [2.24, 2.45) is 10.9 Å². The van der Waals surface area contributed by atoms with E-state index in [1.807, 2.05) is 13.1 Å². The van der Waals surface area contributed by atoms with E-state index in [-0.39, 0.29) is 6.10 Å². The molecule has 1 aromatic rings. The van der Waals surface area contributed by atoms with Crippen LogP contribution in [0, 0.1) is 5.92 Å². The molecule has 26 heavy (non-hydrogen) atoms. The van der Waals surface area contributed by atoms with Crippen LogP contribution in [-0.4, -0.2) is 57.2 Å². The average Bonchev–Trinajstić information content (AvgIpc) is 3.17. The number of hydrogen-bond donors (Lipinski definition) is 2. The largest absolute Gasteiger partial charge is 0.374 e. The summed E-state index contributed by atoms with van der Waals surface area (Å²) in [6, 6.07) is 10.4. The molecule has 1 heterocycles. The number of guanidine groups is 1. The lowest BCUT2D eigenvalue weighted by Crippen LogP contribution is -2.41. The monoisotopic (exact) mass is 360 g/mol. The van der Waals surface area contributed by atoms with Crippen LogP contribution in [0.25, 0.3) is 0 Å². The first-order valence-corrected chi connectivity index (χ1v) is 10.0. The first kappa shape index (κ1) is 20.7. The number of rotatable bonds is 10. The molecule has 0 aromatic heterocycles. The van der Waals surface area contributed by atoms with Crippen molar-refractivity contribution in [1.82, 2.24) is 15.5 Å². The number of ether oxygens (including phenoxy) is 1. The highest BCUT2D eigenvalue weighted by atomic mass is 16.5. The quantitative estimate of drug-likeness (QED) is 0.382. The van der Waals surface area contributed by atoms with Crippen molar-refractivity contribution in [3.63, 3.8) is 0 Å². The molecule has 1 aromatic carbocycles. The van der Waals surface area contributed by atoms with Crippen LogP contribution >= 0.6 is 0 Å².